The minimum absolute atomic E-state index is 0.0610. The van der Waals surface area contributed by atoms with E-state index in [1.807, 2.05) is 30.0 Å². The van der Waals surface area contributed by atoms with Crippen molar-refractivity contribution in [2.24, 2.45) is 0 Å². The number of aryl methyl sites for hydroxylation is 1. The molecule has 6 nitrogen and oxygen atoms in total. The molecule has 0 N–H and O–H groups in total. The molecule has 1 atom stereocenters. The van der Waals surface area contributed by atoms with Crippen molar-refractivity contribution >= 4 is 40.0 Å². The molecule has 4 rings (SSSR count). The fourth-order valence-electron chi connectivity index (χ4n) is 2.94. The first-order chi connectivity index (χ1) is 11.2. The lowest BCUT2D eigenvalue weighted by Crippen LogP contribution is -2.39. The average Bonchev–Trinajstić information content (AvgIpc) is 3.22. The lowest BCUT2D eigenvalue weighted by Gasteiger charge is -2.31. The zero-order valence-electron chi connectivity index (χ0n) is 12.6. The summed E-state index contributed by atoms with van der Waals surface area (Å²) in [6, 6.07) is 5.53. The minimum Gasteiger partial charge on any atom is -0.338 e. The Morgan fingerprint density at radius 2 is 2.13 bits per heavy atom. The SMILES string of the molecule is Cc1nnc(C2CCCN(C(=O)c3ccc4nsnc4c3)C2)s1. The van der Waals surface area contributed by atoms with Crippen molar-refractivity contribution in [1.29, 1.82) is 0 Å². The molecule has 1 amide bonds. The second-order valence-corrected chi connectivity index (χ2v) is 7.46. The van der Waals surface area contributed by atoms with Gasteiger partial charge in [0, 0.05) is 24.6 Å². The van der Waals surface area contributed by atoms with Crippen LogP contribution in [0.5, 0.6) is 0 Å². The van der Waals surface area contributed by atoms with Crippen molar-refractivity contribution in [3.8, 4) is 0 Å². The molecule has 1 aliphatic rings. The number of fused-ring (bicyclic) bond motifs is 1. The lowest BCUT2D eigenvalue weighted by molar-refractivity contribution is 0.0707. The molecule has 118 valence electrons. The van der Waals surface area contributed by atoms with Crippen LogP contribution in [0.15, 0.2) is 18.2 Å². The summed E-state index contributed by atoms with van der Waals surface area (Å²) in [7, 11) is 0. The van der Waals surface area contributed by atoms with E-state index in [0.717, 1.165) is 40.4 Å². The van der Waals surface area contributed by atoms with Crippen molar-refractivity contribution in [2.75, 3.05) is 13.1 Å². The Morgan fingerprint density at radius 3 is 2.96 bits per heavy atom. The highest BCUT2D eigenvalue weighted by molar-refractivity contribution is 7.11. The molecule has 1 fully saturated rings. The van der Waals surface area contributed by atoms with Gasteiger partial charge in [-0.1, -0.05) is 0 Å². The largest absolute Gasteiger partial charge is 0.338 e. The number of hydrogen-bond acceptors (Lipinski definition) is 7. The predicted molar refractivity (Wildman–Crippen MR) is 89.9 cm³/mol. The summed E-state index contributed by atoms with van der Waals surface area (Å²) >= 11 is 2.80. The molecule has 8 heteroatoms. The molecule has 2 aromatic heterocycles. The normalized spacial score (nSPS) is 18.5. The topological polar surface area (TPSA) is 71.9 Å². The number of aromatic nitrogens is 4. The van der Waals surface area contributed by atoms with Gasteiger partial charge in [-0.2, -0.15) is 8.75 Å². The van der Waals surface area contributed by atoms with Crippen LogP contribution >= 0.6 is 23.1 Å². The van der Waals surface area contributed by atoms with Crippen LogP contribution in [0, 0.1) is 6.92 Å². The highest BCUT2D eigenvalue weighted by atomic mass is 32.1. The van der Waals surface area contributed by atoms with Crippen molar-refractivity contribution in [2.45, 2.75) is 25.7 Å². The van der Waals surface area contributed by atoms with E-state index in [1.165, 1.54) is 11.7 Å². The van der Waals surface area contributed by atoms with Crippen LogP contribution in [0.3, 0.4) is 0 Å². The van der Waals surface area contributed by atoms with Gasteiger partial charge >= 0.3 is 0 Å². The summed E-state index contributed by atoms with van der Waals surface area (Å²) in [6.45, 7) is 3.46. The number of rotatable bonds is 2. The lowest BCUT2D eigenvalue weighted by atomic mass is 9.98. The van der Waals surface area contributed by atoms with E-state index in [-0.39, 0.29) is 5.91 Å². The second kappa shape index (κ2) is 5.93. The Balaban J connectivity index is 1.55. The highest BCUT2D eigenvalue weighted by Gasteiger charge is 2.27. The van der Waals surface area contributed by atoms with Crippen LogP contribution in [0.2, 0.25) is 0 Å². The number of amides is 1. The molecule has 23 heavy (non-hydrogen) atoms. The van der Waals surface area contributed by atoms with Gasteiger partial charge in [-0.15, -0.1) is 21.5 Å². The Kier molecular flexibility index (Phi) is 3.78. The molecule has 0 bridgehead atoms. The molecule has 3 heterocycles. The molecular weight excluding hydrogens is 330 g/mol. The number of piperidine rings is 1. The number of likely N-dealkylation sites (tertiary alicyclic amines) is 1. The number of hydrogen-bond donors (Lipinski definition) is 0. The molecular formula is C15H15N5OS2. The molecule has 3 aromatic rings. The summed E-state index contributed by atoms with van der Waals surface area (Å²) in [5.74, 6) is 0.356. The Bertz CT molecular complexity index is 858. The van der Waals surface area contributed by atoms with Crippen molar-refractivity contribution < 1.29 is 4.79 Å². The van der Waals surface area contributed by atoms with E-state index in [4.69, 9.17) is 0 Å². The highest BCUT2D eigenvalue weighted by Crippen LogP contribution is 2.29. The van der Waals surface area contributed by atoms with E-state index in [0.29, 0.717) is 18.0 Å². The maximum absolute atomic E-state index is 12.8. The maximum Gasteiger partial charge on any atom is 0.253 e. The third-order valence-electron chi connectivity index (χ3n) is 4.10. The van der Waals surface area contributed by atoms with Crippen molar-refractivity contribution in [3.63, 3.8) is 0 Å². The summed E-state index contributed by atoms with van der Waals surface area (Å²) in [6.07, 6.45) is 2.06. The van der Waals surface area contributed by atoms with Crippen LogP contribution in [-0.4, -0.2) is 42.8 Å². The van der Waals surface area contributed by atoms with E-state index in [9.17, 15) is 4.79 Å². The fourth-order valence-corrected chi connectivity index (χ4v) is 4.28. The first-order valence-electron chi connectivity index (χ1n) is 7.52. The van der Waals surface area contributed by atoms with E-state index >= 15 is 0 Å². The van der Waals surface area contributed by atoms with E-state index in [2.05, 4.69) is 18.9 Å². The monoisotopic (exact) mass is 345 g/mol. The van der Waals surface area contributed by atoms with Gasteiger partial charge in [0.05, 0.1) is 11.7 Å². The van der Waals surface area contributed by atoms with Crippen LogP contribution in [-0.2, 0) is 0 Å². The molecule has 0 aliphatic carbocycles. The number of carbonyl (C=O) groups is 1. The van der Waals surface area contributed by atoms with Gasteiger partial charge in [0.25, 0.3) is 5.91 Å². The van der Waals surface area contributed by atoms with Gasteiger partial charge in [0.2, 0.25) is 0 Å². The summed E-state index contributed by atoms with van der Waals surface area (Å²) in [5, 5.41) is 10.4. The third kappa shape index (κ3) is 2.84. The maximum atomic E-state index is 12.8. The van der Waals surface area contributed by atoms with Gasteiger partial charge < -0.3 is 4.90 Å². The fraction of sp³-hybridized carbons (Fsp3) is 0.400. The van der Waals surface area contributed by atoms with Crippen LogP contribution in [0.4, 0.5) is 0 Å². The van der Waals surface area contributed by atoms with E-state index in [1.54, 1.807) is 11.3 Å². The van der Waals surface area contributed by atoms with Gasteiger partial charge in [0.1, 0.15) is 21.0 Å². The molecule has 1 aromatic carbocycles. The van der Waals surface area contributed by atoms with Crippen molar-refractivity contribution in [1.82, 2.24) is 23.8 Å². The average molecular weight is 345 g/mol. The number of benzene rings is 1. The molecule has 1 unspecified atom stereocenters. The quantitative estimate of drug-likeness (QED) is 0.714. The van der Waals surface area contributed by atoms with Gasteiger partial charge in [-0.25, -0.2) is 0 Å². The Labute approximate surface area is 141 Å². The molecule has 1 saturated heterocycles. The smallest absolute Gasteiger partial charge is 0.253 e. The second-order valence-electron chi connectivity index (χ2n) is 5.72. The first kappa shape index (κ1) is 14.6. The summed E-state index contributed by atoms with van der Waals surface area (Å²) < 4.78 is 8.39. The minimum atomic E-state index is 0.0610. The number of carbonyl (C=O) groups excluding carboxylic acids is 1. The summed E-state index contributed by atoms with van der Waals surface area (Å²) in [4.78, 5) is 14.7. The van der Waals surface area contributed by atoms with Crippen molar-refractivity contribution in [3.05, 3.63) is 33.8 Å². The molecule has 1 aliphatic heterocycles. The molecule has 0 saturated carbocycles. The first-order valence-corrected chi connectivity index (χ1v) is 9.07. The molecule has 0 spiro atoms. The van der Waals surface area contributed by atoms with Gasteiger partial charge in [0.15, 0.2) is 0 Å². The van der Waals surface area contributed by atoms with Crippen LogP contribution in [0.1, 0.15) is 39.1 Å². The van der Waals surface area contributed by atoms with Gasteiger partial charge in [-0.3, -0.25) is 4.79 Å². The standard InChI is InChI=1S/C15H15N5OS2/c1-9-16-17-14(22-9)11-3-2-6-20(8-11)15(21)10-4-5-12-13(7-10)19-23-18-12/h4-5,7,11H,2-3,6,8H2,1H3. The number of nitrogens with zero attached hydrogens (tertiary/aromatic N) is 5. The van der Waals surface area contributed by atoms with Crippen LogP contribution in [0.25, 0.3) is 11.0 Å². The van der Waals surface area contributed by atoms with Crippen LogP contribution < -0.4 is 0 Å². The zero-order chi connectivity index (χ0) is 15.8. The Morgan fingerprint density at radius 1 is 1.26 bits per heavy atom. The molecule has 0 radical (unpaired) electrons. The van der Waals surface area contributed by atoms with Gasteiger partial charge in [-0.05, 0) is 38.0 Å². The Hall–Kier alpha value is -1.93. The predicted octanol–water partition coefficient (Wildman–Crippen LogP) is 2.87. The third-order valence-corrected chi connectivity index (χ3v) is 5.66. The summed E-state index contributed by atoms with van der Waals surface area (Å²) in [5.41, 5.74) is 2.31. The zero-order valence-corrected chi connectivity index (χ0v) is 14.2. The van der Waals surface area contributed by atoms with E-state index < -0.39 is 0 Å².